The lowest BCUT2D eigenvalue weighted by atomic mass is 9.97. The fraction of sp³-hybridized carbons (Fsp3) is 0.944. The molecule has 15 atom stereocenters. The number of carbonyl (C=O) groups is 1. The maximum absolute atomic E-state index is 11.4. The van der Waals surface area contributed by atoms with Gasteiger partial charge in [0.05, 0.1) is 13.2 Å². The van der Waals surface area contributed by atoms with E-state index in [-0.39, 0.29) is 0 Å². The van der Waals surface area contributed by atoms with Crippen LogP contribution in [-0.2, 0) is 28.5 Å². The number of aliphatic hydroxyl groups is 10. The number of ether oxygens (including phenoxy) is 5. The largest absolute Gasteiger partial charge is 0.479 e. The van der Waals surface area contributed by atoms with E-state index in [1.165, 1.54) is 0 Å². The number of aliphatic carboxylic acids is 1. The van der Waals surface area contributed by atoms with Gasteiger partial charge in [-0.3, -0.25) is 0 Å². The van der Waals surface area contributed by atoms with Crippen LogP contribution in [0.2, 0.25) is 0 Å². The zero-order valence-electron chi connectivity index (χ0n) is 17.9. The fourth-order valence-electron chi connectivity index (χ4n) is 3.91. The zero-order chi connectivity index (χ0) is 26.2. The third kappa shape index (κ3) is 5.74. The third-order valence-electron chi connectivity index (χ3n) is 6.04. The SMILES string of the molecule is O=C(O)[C@H]1O[C@@H](OC[C@H]2OC(O)[C@H](O)[C@@H](O)[C@@H]2O)[C@H](O[C@@H]2O[C@H](CO)[C@@H](O)[C@H](O)[C@H]2O)[C@@H](O)[C@@H]1O. The van der Waals surface area contributed by atoms with Gasteiger partial charge in [0, 0.05) is 0 Å². The number of carboxylic acid groups (broad SMARTS) is 1. The number of aliphatic hydroxyl groups excluding tert-OH is 10. The molecular weight excluding hydrogens is 488 g/mol. The van der Waals surface area contributed by atoms with Crippen LogP contribution in [0.1, 0.15) is 0 Å². The maximum atomic E-state index is 11.4. The predicted molar refractivity (Wildman–Crippen MR) is 102 cm³/mol. The molecule has 0 radical (unpaired) electrons. The predicted octanol–water partition coefficient (Wildman–Crippen LogP) is -7.48. The summed E-state index contributed by atoms with van der Waals surface area (Å²) >= 11 is 0. The second kappa shape index (κ2) is 11.5. The first-order valence-corrected chi connectivity index (χ1v) is 10.6. The first kappa shape index (κ1) is 28.4. The molecule has 0 aliphatic carbocycles. The van der Waals surface area contributed by atoms with E-state index in [2.05, 4.69) is 0 Å². The van der Waals surface area contributed by atoms with Gasteiger partial charge in [-0.05, 0) is 0 Å². The lowest BCUT2D eigenvalue weighted by Crippen LogP contribution is -2.65. The van der Waals surface area contributed by atoms with Crippen molar-refractivity contribution in [3.05, 3.63) is 0 Å². The first-order valence-electron chi connectivity index (χ1n) is 10.6. The van der Waals surface area contributed by atoms with Crippen LogP contribution in [0.25, 0.3) is 0 Å². The van der Waals surface area contributed by atoms with Gasteiger partial charge < -0.3 is 79.9 Å². The third-order valence-corrected chi connectivity index (χ3v) is 6.04. The van der Waals surface area contributed by atoms with Gasteiger partial charge in [-0.25, -0.2) is 4.79 Å². The molecule has 0 bridgehead atoms. The van der Waals surface area contributed by atoms with E-state index in [1.54, 1.807) is 0 Å². The number of rotatable bonds is 7. The molecule has 3 fully saturated rings. The van der Waals surface area contributed by atoms with E-state index in [0.29, 0.717) is 0 Å². The van der Waals surface area contributed by atoms with Gasteiger partial charge in [-0.2, -0.15) is 0 Å². The fourth-order valence-corrected chi connectivity index (χ4v) is 3.91. The molecule has 0 aromatic rings. The molecule has 3 heterocycles. The minimum Gasteiger partial charge on any atom is -0.479 e. The van der Waals surface area contributed by atoms with Gasteiger partial charge in [-0.1, -0.05) is 0 Å². The molecule has 0 aromatic carbocycles. The second-order valence-corrected chi connectivity index (χ2v) is 8.41. The highest BCUT2D eigenvalue weighted by Crippen LogP contribution is 2.30. The summed E-state index contributed by atoms with van der Waals surface area (Å²) in [6.07, 6.45) is -27.4. The van der Waals surface area contributed by atoms with E-state index < -0.39 is 111 Å². The summed E-state index contributed by atoms with van der Waals surface area (Å²) in [5.74, 6) is -1.70. The van der Waals surface area contributed by atoms with Crippen molar-refractivity contribution in [3.8, 4) is 0 Å². The van der Waals surface area contributed by atoms with Gasteiger partial charge in [-0.15, -0.1) is 0 Å². The Morgan fingerprint density at radius 2 is 1.26 bits per heavy atom. The van der Waals surface area contributed by atoms with Crippen molar-refractivity contribution in [2.75, 3.05) is 13.2 Å². The summed E-state index contributed by atoms with van der Waals surface area (Å²) in [4.78, 5) is 11.4. The van der Waals surface area contributed by atoms with E-state index >= 15 is 0 Å². The molecule has 0 aromatic heterocycles. The minimum atomic E-state index is -2.07. The summed E-state index contributed by atoms with van der Waals surface area (Å²) in [5, 5.41) is 108. The van der Waals surface area contributed by atoms with E-state index in [4.69, 9.17) is 23.7 Å². The van der Waals surface area contributed by atoms with Crippen molar-refractivity contribution in [3.63, 3.8) is 0 Å². The lowest BCUT2D eigenvalue weighted by Gasteiger charge is -2.46. The van der Waals surface area contributed by atoms with Crippen LogP contribution in [0.4, 0.5) is 0 Å². The van der Waals surface area contributed by atoms with Crippen molar-refractivity contribution < 1.29 is 84.7 Å². The Labute approximate surface area is 196 Å². The maximum Gasteiger partial charge on any atom is 0.335 e. The molecular formula is C18H30O17. The molecule has 3 aliphatic rings. The summed E-state index contributed by atoms with van der Waals surface area (Å²) in [6.45, 7) is -1.53. The van der Waals surface area contributed by atoms with Crippen LogP contribution < -0.4 is 0 Å². The molecule has 17 nitrogen and oxygen atoms in total. The van der Waals surface area contributed by atoms with Crippen LogP contribution in [0.5, 0.6) is 0 Å². The van der Waals surface area contributed by atoms with Crippen molar-refractivity contribution in [2.24, 2.45) is 0 Å². The number of carboxylic acids is 1. The van der Waals surface area contributed by atoms with Gasteiger partial charge in [0.1, 0.15) is 67.1 Å². The number of hydrogen-bond donors (Lipinski definition) is 11. The summed E-state index contributed by atoms with van der Waals surface area (Å²) in [7, 11) is 0. The van der Waals surface area contributed by atoms with Gasteiger partial charge >= 0.3 is 5.97 Å². The van der Waals surface area contributed by atoms with E-state index in [0.717, 1.165) is 0 Å². The highest BCUT2D eigenvalue weighted by molar-refractivity contribution is 5.73. The molecule has 0 amide bonds. The molecule has 204 valence electrons. The van der Waals surface area contributed by atoms with Crippen LogP contribution in [-0.4, -0.2) is 167 Å². The lowest BCUT2D eigenvalue weighted by molar-refractivity contribution is -0.369. The summed E-state index contributed by atoms with van der Waals surface area (Å²) in [6, 6.07) is 0. The Balaban J connectivity index is 1.77. The van der Waals surface area contributed by atoms with Crippen LogP contribution in [0.3, 0.4) is 0 Å². The van der Waals surface area contributed by atoms with Gasteiger partial charge in [0.15, 0.2) is 25.0 Å². The van der Waals surface area contributed by atoms with Crippen molar-refractivity contribution in [1.82, 2.24) is 0 Å². The standard InChI is InChI=1S/C18H30O17/c19-1-3-5(20)8(23)12(27)17(33-3)35-14-10(25)9(24)13(15(28)29)34-18(14)31-2-4-6(21)7(22)11(26)16(30)32-4/h3-14,16-27,30H,1-2H2,(H,28,29)/t3-,4-,5-,6-,7+,8+,9+,10+,11-,12-,13+,14-,16?,17+,18-/m1/s1. The Kier molecular flexibility index (Phi) is 9.35. The molecule has 3 saturated heterocycles. The summed E-state index contributed by atoms with van der Waals surface area (Å²) < 4.78 is 26.0. The normalized spacial score (nSPS) is 51.2. The quantitative estimate of drug-likeness (QED) is 0.149. The monoisotopic (exact) mass is 518 g/mol. The molecule has 3 rings (SSSR count). The Bertz CT molecular complexity index is 709. The highest BCUT2D eigenvalue weighted by atomic mass is 16.8. The minimum absolute atomic E-state index is 0.726. The average Bonchev–Trinajstić information content (AvgIpc) is 2.82. The van der Waals surface area contributed by atoms with Crippen molar-refractivity contribution in [2.45, 2.75) is 92.1 Å². The molecule has 1 unspecified atom stereocenters. The highest BCUT2D eigenvalue weighted by Gasteiger charge is 2.53. The van der Waals surface area contributed by atoms with E-state index in [9.17, 15) is 61.0 Å². The van der Waals surface area contributed by atoms with Crippen LogP contribution in [0.15, 0.2) is 0 Å². The van der Waals surface area contributed by atoms with Crippen molar-refractivity contribution >= 4 is 5.97 Å². The molecule has 3 aliphatic heterocycles. The smallest absolute Gasteiger partial charge is 0.335 e. The Morgan fingerprint density at radius 1 is 0.657 bits per heavy atom. The zero-order valence-corrected chi connectivity index (χ0v) is 17.9. The van der Waals surface area contributed by atoms with E-state index in [1.807, 2.05) is 0 Å². The Hall–Kier alpha value is -1.13. The molecule has 11 N–H and O–H groups in total. The molecule has 35 heavy (non-hydrogen) atoms. The topological polar surface area (TPSA) is 286 Å². The van der Waals surface area contributed by atoms with Crippen LogP contribution >= 0.6 is 0 Å². The van der Waals surface area contributed by atoms with Gasteiger partial charge in [0.2, 0.25) is 0 Å². The van der Waals surface area contributed by atoms with Gasteiger partial charge in [0.25, 0.3) is 0 Å². The van der Waals surface area contributed by atoms with Crippen LogP contribution in [0, 0.1) is 0 Å². The van der Waals surface area contributed by atoms with Crippen molar-refractivity contribution in [1.29, 1.82) is 0 Å². The Morgan fingerprint density at radius 3 is 1.86 bits per heavy atom. The average molecular weight is 518 g/mol. The second-order valence-electron chi connectivity index (χ2n) is 8.41. The number of hydrogen-bond acceptors (Lipinski definition) is 16. The summed E-state index contributed by atoms with van der Waals surface area (Å²) in [5.41, 5.74) is 0. The molecule has 0 spiro atoms. The molecule has 17 heteroatoms. The molecule has 0 saturated carbocycles. The first-order chi connectivity index (χ1) is 16.4.